The maximum absolute atomic E-state index is 12.0. The first-order valence-corrected chi connectivity index (χ1v) is 14.5. The van der Waals surface area contributed by atoms with Gasteiger partial charge in [-0.3, -0.25) is 29.6 Å². The number of hydrogen-bond donors (Lipinski definition) is 6. The van der Waals surface area contributed by atoms with Crippen LogP contribution in [-0.2, 0) is 19.2 Å². The van der Waals surface area contributed by atoms with E-state index in [4.69, 9.17) is 5.73 Å². The van der Waals surface area contributed by atoms with Crippen molar-refractivity contribution in [2.24, 2.45) is 5.73 Å². The van der Waals surface area contributed by atoms with E-state index in [1.54, 1.807) is 11.9 Å². The topological polar surface area (TPSA) is 189 Å². The molecule has 13 heteroatoms. The second-order valence-electron chi connectivity index (χ2n) is 10.00. The number of nitrogens with zero attached hydrogens (tertiary/aromatic N) is 3. The fourth-order valence-electron chi connectivity index (χ4n) is 3.69. The zero-order chi connectivity index (χ0) is 30.2. The van der Waals surface area contributed by atoms with Gasteiger partial charge >= 0.3 is 6.23 Å². The largest absolute Gasteiger partial charge is 0.356 e. The Hall–Kier alpha value is -2.77. The Labute approximate surface area is 238 Å². The summed E-state index contributed by atoms with van der Waals surface area (Å²) < 4.78 is 0.779. The van der Waals surface area contributed by atoms with Crippen LogP contribution in [0.3, 0.4) is 0 Å². The lowest BCUT2D eigenvalue weighted by Gasteiger charge is -2.15. The second-order valence-corrected chi connectivity index (χ2v) is 10.00. The summed E-state index contributed by atoms with van der Waals surface area (Å²) in [5.74, 6) is -0.853. The molecule has 232 valence electrons. The van der Waals surface area contributed by atoms with Crippen molar-refractivity contribution >= 4 is 29.8 Å². The van der Waals surface area contributed by atoms with Crippen LogP contribution in [0.4, 0.5) is 0 Å². The molecule has 0 spiro atoms. The molecule has 40 heavy (non-hydrogen) atoms. The Bertz CT molecular complexity index is 766. The molecule has 1 unspecified atom stereocenters. The highest BCUT2D eigenvalue weighted by Crippen LogP contribution is 2.04. The quantitative estimate of drug-likeness (QED) is 0.0188. The van der Waals surface area contributed by atoms with Gasteiger partial charge in [0.25, 0.3) is 0 Å². The van der Waals surface area contributed by atoms with Gasteiger partial charge in [-0.1, -0.05) is 0 Å². The molecular formula is C27H53N6O7+. The fourth-order valence-corrected chi connectivity index (χ4v) is 3.69. The van der Waals surface area contributed by atoms with E-state index >= 15 is 0 Å². The molecule has 0 aliphatic rings. The van der Waals surface area contributed by atoms with Gasteiger partial charge in [-0.2, -0.15) is 0 Å². The molecule has 0 aromatic heterocycles. The highest BCUT2D eigenvalue weighted by molar-refractivity contribution is 5.83. The van der Waals surface area contributed by atoms with Crippen LogP contribution in [0, 0.1) is 0 Å². The molecule has 0 aliphatic heterocycles. The van der Waals surface area contributed by atoms with Gasteiger partial charge in [-0.15, -0.1) is 0 Å². The summed E-state index contributed by atoms with van der Waals surface area (Å²) >= 11 is 0. The SMILES string of the molecule is CC(=O)N(C)CCCCCNC(=O)CCC(=O)N(O)CCCCCNC(=O)CCCC(O)[N+](O)=CCCCCN. The van der Waals surface area contributed by atoms with Crippen LogP contribution in [0.5, 0.6) is 0 Å². The maximum Gasteiger partial charge on any atom is 0.302 e. The lowest BCUT2D eigenvalue weighted by molar-refractivity contribution is -0.821. The van der Waals surface area contributed by atoms with Crippen molar-refractivity contribution in [2.75, 3.05) is 39.8 Å². The van der Waals surface area contributed by atoms with Gasteiger partial charge in [0, 0.05) is 72.3 Å². The Balaban J connectivity index is 3.76. The molecule has 0 heterocycles. The molecule has 1 atom stereocenters. The van der Waals surface area contributed by atoms with Crippen molar-refractivity contribution in [3.8, 4) is 0 Å². The molecule has 13 nitrogen and oxygen atoms in total. The summed E-state index contributed by atoms with van der Waals surface area (Å²) in [6.45, 7) is 3.93. The predicted octanol–water partition coefficient (Wildman–Crippen LogP) is 1.13. The minimum atomic E-state index is -1.05. The standard InChI is InChI=1S/C27H52N6O7/c1-23(34)31(2)20-9-4-7-19-30-25(36)15-16-27(38)33(40)22-11-5-8-18-29-24(35)13-12-14-26(37)32(39)21-10-3-6-17-28/h21,26,37,40H,3-20,22,28H2,1-2H3,(H2-,29,30,35,36,39)/p+1. The number of aliphatic hydroxyl groups is 1. The smallest absolute Gasteiger partial charge is 0.302 e. The third kappa shape index (κ3) is 21.1. The van der Waals surface area contributed by atoms with E-state index in [-0.39, 0.29) is 49.9 Å². The number of rotatable bonds is 24. The average Bonchev–Trinajstić information content (AvgIpc) is 2.92. The van der Waals surface area contributed by atoms with Gasteiger partial charge in [-0.25, -0.2) is 5.06 Å². The number of carbonyl (C=O) groups is 4. The van der Waals surface area contributed by atoms with Crippen LogP contribution >= 0.6 is 0 Å². The molecule has 0 rings (SSSR count). The minimum absolute atomic E-state index is 0.00934. The lowest BCUT2D eigenvalue weighted by Crippen LogP contribution is -2.31. The van der Waals surface area contributed by atoms with Crippen LogP contribution in [0.15, 0.2) is 0 Å². The monoisotopic (exact) mass is 573 g/mol. The van der Waals surface area contributed by atoms with Crippen LogP contribution in [-0.4, -0.2) is 106 Å². The number of amides is 4. The van der Waals surface area contributed by atoms with Gasteiger partial charge in [-0.05, 0) is 69.1 Å². The van der Waals surface area contributed by atoms with E-state index < -0.39 is 12.1 Å². The van der Waals surface area contributed by atoms with E-state index in [0.717, 1.165) is 36.8 Å². The van der Waals surface area contributed by atoms with Crippen LogP contribution < -0.4 is 16.4 Å². The summed E-state index contributed by atoms with van der Waals surface area (Å²) in [5, 5.41) is 35.7. The number of aliphatic hydroxyl groups excluding tert-OH is 1. The number of unbranched alkanes of at least 4 members (excludes halogenated alkanes) is 6. The summed E-state index contributed by atoms with van der Waals surface area (Å²) in [5.41, 5.74) is 5.41. The van der Waals surface area contributed by atoms with Crippen LogP contribution in [0.2, 0.25) is 0 Å². The van der Waals surface area contributed by atoms with Gasteiger partial charge in [0.15, 0.2) is 6.21 Å². The average molecular weight is 574 g/mol. The summed E-state index contributed by atoms with van der Waals surface area (Å²) in [4.78, 5) is 48.6. The van der Waals surface area contributed by atoms with Crippen LogP contribution in [0.25, 0.3) is 0 Å². The molecular weight excluding hydrogens is 520 g/mol. The van der Waals surface area contributed by atoms with Crippen molar-refractivity contribution in [3.05, 3.63) is 0 Å². The minimum Gasteiger partial charge on any atom is -0.356 e. The Kier molecular flexibility index (Phi) is 22.4. The number of hydrogen-bond acceptors (Lipinski definition) is 8. The third-order valence-electron chi connectivity index (χ3n) is 6.40. The predicted molar refractivity (Wildman–Crippen MR) is 151 cm³/mol. The second kappa shape index (κ2) is 24.1. The van der Waals surface area contributed by atoms with Gasteiger partial charge in [0.05, 0.1) is 0 Å². The molecule has 7 N–H and O–H groups in total. The van der Waals surface area contributed by atoms with Crippen molar-refractivity contribution < 1.29 is 39.4 Å². The summed E-state index contributed by atoms with van der Waals surface area (Å²) in [6, 6.07) is 0. The Morgan fingerprint density at radius 3 is 2.05 bits per heavy atom. The molecule has 0 saturated carbocycles. The van der Waals surface area contributed by atoms with Crippen molar-refractivity contribution in [1.82, 2.24) is 20.6 Å². The lowest BCUT2D eigenvalue weighted by atomic mass is 10.2. The molecule has 0 radical (unpaired) electrons. The highest BCUT2D eigenvalue weighted by atomic mass is 16.5. The van der Waals surface area contributed by atoms with Gasteiger partial charge in [0.2, 0.25) is 23.6 Å². The number of nitrogens with one attached hydrogen (secondary N) is 2. The normalized spacial score (nSPS) is 12.1. The molecule has 0 aromatic carbocycles. The zero-order valence-electron chi connectivity index (χ0n) is 24.5. The van der Waals surface area contributed by atoms with Gasteiger partial charge in [0.1, 0.15) is 0 Å². The molecule has 0 saturated heterocycles. The van der Waals surface area contributed by atoms with E-state index in [2.05, 4.69) is 10.6 Å². The van der Waals surface area contributed by atoms with E-state index in [1.807, 2.05) is 0 Å². The number of nitrogens with two attached hydrogens (primary N) is 1. The molecule has 0 fully saturated rings. The molecule has 0 aliphatic carbocycles. The summed E-state index contributed by atoms with van der Waals surface area (Å²) in [7, 11) is 1.75. The summed E-state index contributed by atoms with van der Waals surface area (Å²) in [6.07, 6.45) is 8.12. The Morgan fingerprint density at radius 2 is 1.45 bits per heavy atom. The number of carbonyl (C=O) groups excluding carboxylic acids is 4. The van der Waals surface area contributed by atoms with Crippen molar-refractivity contribution in [1.29, 1.82) is 0 Å². The fraction of sp³-hybridized carbons (Fsp3) is 0.815. The molecule has 4 amide bonds. The van der Waals surface area contributed by atoms with Crippen LogP contribution in [0.1, 0.15) is 96.8 Å². The van der Waals surface area contributed by atoms with E-state index in [9.17, 15) is 34.7 Å². The van der Waals surface area contributed by atoms with Crippen molar-refractivity contribution in [3.63, 3.8) is 0 Å². The molecule has 0 aromatic rings. The number of hydroxylamine groups is 3. The first-order chi connectivity index (χ1) is 19.1. The zero-order valence-corrected chi connectivity index (χ0v) is 24.5. The van der Waals surface area contributed by atoms with Crippen molar-refractivity contribution in [2.45, 2.75) is 103 Å². The van der Waals surface area contributed by atoms with Gasteiger partial charge < -0.3 is 26.4 Å². The highest BCUT2D eigenvalue weighted by Gasteiger charge is 2.17. The maximum atomic E-state index is 12.0. The molecule has 0 bridgehead atoms. The third-order valence-corrected chi connectivity index (χ3v) is 6.40. The first kappa shape index (κ1) is 37.2. The first-order valence-electron chi connectivity index (χ1n) is 14.5. The van der Waals surface area contributed by atoms with E-state index in [1.165, 1.54) is 13.1 Å². The van der Waals surface area contributed by atoms with E-state index in [0.29, 0.717) is 63.3 Å². The Morgan fingerprint density at radius 1 is 0.850 bits per heavy atom.